The number of carbonyl (C=O) groups is 2. The molecule has 1 unspecified atom stereocenters. The first-order chi connectivity index (χ1) is 22.1. The van der Waals surface area contributed by atoms with Gasteiger partial charge in [-0.15, -0.1) is 0 Å². The van der Waals surface area contributed by atoms with Gasteiger partial charge in [0.25, 0.3) is 10.0 Å². The third-order valence-electron chi connectivity index (χ3n) is 8.16. The van der Waals surface area contributed by atoms with E-state index in [1.54, 1.807) is 67.6 Å². The number of benzene rings is 4. The van der Waals surface area contributed by atoms with Crippen molar-refractivity contribution in [2.45, 2.75) is 63.1 Å². The van der Waals surface area contributed by atoms with E-state index in [9.17, 15) is 18.0 Å². The van der Waals surface area contributed by atoms with Crippen LogP contribution in [0.2, 0.25) is 5.02 Å². The topological polar surface area (TPSA) is 96.0 Å². The molecule has 1 atom stereocenters. The van der Waals surface area contributed by atoms with Gasteiger partial charge in [-0.05, 0) is 86.8 Å². The standard InChI is InChI=1S/C36H38ClN3O5S/c1-26-16-22-33(23-17-26)46(43,44)40(30-18-20-32(21-19-30)45-31-13-4-3-5-14-31)25-35(41)39(24-28-10-6-9-15-34(28)37)27(2)36(42)38-29-11-7-8-12-29/h3-6,9-10,13-23,27,29H,7-8,11-12,24-25H2,1-2H3,(H,38,42). The summed E-state index contributed by atoms with van der Waals surface area (Å²) in [6, 6.07) is 28.5. The molecule has 0 saturated heterocycles. The number of nitrogens with one attached hydrogen (secondary N) is 1. The van der Waals surface area contributed by atoms with Crippen LogP contribution in [-0.2, 0) is 26.2 Å². The summed E-state index contributed by atoms with van der Waals surface area (Å²) in [5.74, 6) is 0.304. The number of hydrogen-bond donors (Lipinski definition) is 1. The van der Waals surface area contributed by atoms with Crippen molar-refractivity contribution in [1.29, 1.82) is 0 Å². The number of para-hydroxylation sites is 1. The summed E-state index contributed by atoms with van der Waals surface area (Å²) in [5.41, 5.74) is 1.82. The van der Waals surface area contributed by atoms with Crippen molar-refractivity contribution in [3.05, 3.63) is 119 Å². The molecule has 0 spiro atoms. The van der Waals surface area contributed by atoms with Crippen molar-refractivity contribution in [2.75, 3.05) is 10.8 Å². The summed E-state index contributed by atoms with van der Waals surface area (Å²) >= 11 is 6.48. The number of sulfonamides is 1. The molecule has 1 aliphatic carbocycles. The van der Waals surface area contributed by atoms with Gasteiger partial charge in [0.1, 0.15) is 24.1 Å². The van der Waals surface area contributed by atoms with Crippen molar-refractivity contribution >= 4 is 39.1 Å². The molecule has 1 saturated carbocycles. The maximum atomic E-state index is 14.2. The number of nitrogens with zero attached hydrogens (tertiary/aromatic N) is 2. The molecule has 1 fully saturated rings. The highest BCUT2D eigenvalue weighted by Gasteiger charge is 2.33. The third-order valence-corrected chi connectivity index (χ3v) is 10.3. The molecule has 0 aromatic heterocycles. The Kier molecular flexibility index (Phi) is 10.7. The Morgan fingerprint density at radius 2 is 1.48 bits per heavy atom. The number of rotatable bonds is 12. The molecule has 5 rings (SSSR count). The van der Waals surface area contributed by atoms with Crippen molar-refractivity contribution in [1.82, 2.24) is 10.2 Å². The number of ether oxygens (including phenoxy) is 1. The summed E-state index contributed by atoms with van der Waals surface area (Å²) in [6.45, 7) is 3.02. The molecule has 0 heterocycles. The Labute approximate surface area is 276 Å². The lowest BCUT2D eigenvalue weighted by Gasteiger charge is -2.32. The summed E-state index contributed by atoms with van der Waals surface area (Å²) in [5, 5.41) is 3.52. The second-order valence-corrected chi connectivity index (χ2v) is 13.8. The molecule has 8 nitrogen and oxygen atoms in total. The van der Waals surface area contributed by atoms with E-state index >= 15 is 0 Å². The highest BCUT2D eigenvalue weighted by Crippen LogP contribution is 2.29. The maximum Gasteiger partial charge on any atom is 0.264 e. The Balaban J connectivity index is 1.47. The van der Waals surface area contributed by atoms with Crippen LogP contribution in [0.1, 0.15) is 43.7 Å². The Bertz CT molecular complexity index is 1740. The monoisotopic (exact) mass is 659 g/mol. The van der Waals surface area contributed by atoms with E-state index in [1.807, 2.05) is 37.3 Å². The van der Waals surface area contributed by atoms with Crippen LogP contribution in [0.15, 0.2) is 108 Å². The van der Waals surface area contributed by atoms with Crippen LogP contribution in [-0.4, -0.2) is 43.8 Å². The minimum absolute atomic E-state index is 0.0278. The van der Waals surface area contributed by atoms with Gasteiger partial charge in [0.15, 0.2) is 0 Å². The Hall–Kier alpha value is -4.34. The van der Waals surface area contributed by atoms with Gasteiger partial charge in [-0.1, -0.05) is 78.5 Å². The predicted octanol–water partition coefficient (Wildman–Crippen LogP) is 7.11. The SMILES string of the molecule is Cc1ccc(S(=O)(=O)N(CC(=O)N(Cc2ccccc2Cl)C(C)C(=O)NC2CCCC2)c2ccc(Oc3ccccc3)cc2)cc1. The van der Waals surface area contributed by atoms with Crippen LogP contribution in [0.4, 0.5) is 5.69 Å². The van der Waals surface area contributed by atoms with Crippen molar-refractivity contribution < 1.29 is 22.7 Å². The zero-order valence-electron chi connectivity index (χ0n) is 25.9. The molecule has 2 amide bonds. The number of carbonyl (C=O) groups excluding carboxylic acids is 2. The average Bonchev–Trinajstić information content (AvgIpc) is 3.57. The van der Waals surface area contributed by atoms with Gasteiger partial charge in [-0.25, -0.2) is 8.42 Å². The largest absolute Gasteiger partial charge is 0.457 e. The van der Waals surface area contributed by atoms with Crippen LogP contribution < -0.4 is 14.4 Å². The lowest BCUT2D eigenvalue weighted by Crippen LogP contribution is -2.52. The van der Waals surface area contributed by atoms with E-state index in [-0.39, 0.29) is 29.1 Å². The zero-order chi connectivity index (χ0) is 32.7. The third kappa shape index (κ3) is 8.08. The molecule has 4 aromatic carbocycles. The molecule has 46 heavy (non-hydrogen) atoms. The van der Waals surface area contributed by atoms with Gasteiger partial charge in [-0.3, -0.25) is 13.9 Å². The molecule has 10 heteroatoms. The number of hydrogen-bond acceptors (Lipinski definition) is 5. The molecule has 240 valence electrons. The predicted molar refractivity (Wildman–Crippen MR) is 181 cm³/mol. The normalized spacial score (nSPS) is 14.0. The number of halogens is 1. The second-order valence-electron chi connectivity index (χ2n) is 11.5. The van der Waals surface area contributed by atoms with Gasteiger partial charge in [0.05, 0.1) is 10.6 Å². The first kappa shape index (κ1) is 33.0. The summed E-state index contributed by atoms with van der Waals surface area (Å²) in [7, 11) is -4.20. The van der Waals surface area contributed by atoms with E-state index in [0.29, 0.717) is 22.1 Å². The van der Waals surface area contributed by atoms with Crippen molar-refractivity contribution in [3.63, 3.8) is 0 Å². The lowest BCUT2D eigenvalue weighted by molar-refractivity contribution is -0.139. The average molecular weight is 660 g/mol. The fourth-order valence-electron chi connectivity index (χ4n) is 5.46. The summed E-state index contributed by atoms with van der Waals surface area (Å²) in [4.78, 5) is 29.1. The van der Waals surface area contributed by atoms with Gasteiger partial charge in [0.2, 0.25) is 11.8 Å². The van der Waals surface area contributed by atoms with Crippen molar-refractivity contribution in [2.24, 2.45) is 0 Å². The van der Waals surface area contributed by atoms with Crippen LogP contribution in [0, 0.1) is 6.92 Å². The van der Waals surface area contributed by atoms with Gasteiger partial charge >= 0.3 is 0 Å². The fourth-order valence-corrected chi connectivity index (χ4v) is 7.07. The molecular formula is C36H38ClN3O5S. The van der Waals surface area contributed by atoms with Gasteiger partial charge in [-0.2, -0.15) is 0 Å². The molecule has 1 N–H and O–H groups in total. The van der Waals surface area contributed by atoms with Crippen LogP contribution in [0.5, 0.6) is 11.5 Å². The first-order valence-corrected chi connectivity index (χ1v) is 17.2. The maximum absolute atomic E-state index is 14.2. The Morgan fingerprint density at radius 1 is 0.870 bits per heavy atom. The lowest BCUT2D eigenvalue weighted by atomic mass is 10.1. The molecule has 0 bridgehead atoms. The number of amides is 2. The molecule has 0 radical (unpaired) electrons. The highest BCUT2D eigenvalue weighted by molar-refractivity contribution is 7.92. The van der Waals surface area contributed by atoms with Crippen molar-refractivity contribution in [3.8, 4) is 11.5 Å². The minimum atomic E-state index is -4.20. The quantitative estimate of drug-likeness (QED) is 0.175. The van der Waals surface area contributed by atoms with E-state index in [1.165, 1.54) is 17.0 Å². The van der Waals surface area contributed by atoms with E-state index in [4.69, 9.17) is 16.3 Å². The number of anilines is 1. The molecular weight excluding hydrogens is 622 g/mol. The van der Waals surface area contributed by atoms with Crippen LogP contribution in [0.3, 0.4) is 0 Å². The summed E-state index contributed by atoms with van der Waals surface area (Å²) < 4.78 is 35.3. The molecule has 0 aliphatic heterocycles. The van der Waals surface area contributed by atoms with Gasteiger partial charge in [0, 0.05) is 17.6 Å². The highest BCUT2D eigenvalue weighted by atomic mass is 35.5. The van der Waals surface area contributed by atoms with Crippen LogP contribution in [0.25, 0.3) is 0 Å². The smallest absolute Gasteiger partial charge is 0.264 e. The minimum Gasteiger partial charge on any atom is -0.457 e. The van der Waals surface area contributed by atoms with Crippen LogP contribution >= 0.6 is 11.6 Å². The fraction of sp³-hybridized carbons (Fsp3) is 0.278. The van der Waals surface area contributed by atoms with E-state index in [0.717, 1.165) is 35.6 Å². The zero-order valence-corrected chi connectivity index (χ0v) is 27.5. The summed E-state index contributed by atoms with van der Waals surface area (Å²) in [6.07, 6.45) is 3.87. The van der Waals surface area contributed by atoms with Gasteiger partial charge < -0.3 is 15.0 Å². The van der Waals surface area contributed by atoms with E-state index < -0.39 is 28.5 Å². The van der Waals surface area contributed by atoms with E-state index in [2.05, 4.69) is 5.32 Å². The second kappa shape index (κ2) is 14.8. The molecule has 1 aliphatic rings. The Morgan fingerprint density at radius 3 is 2.13 bits per heavy atom. The first-order valence-electron chi connectivity index (χ1n) is 15.4. The molecule has 4 aromatic rings. The number of aryl methyl sites for hydroxylation is 1.